The predicted molar refractivity (Wildman–Crippen MR) is 205 cm³/mol. The fourth-order valence-corrected chi connectivity index (χ4v) is 7.36. The molecule has 0 radical (unpaired) electrons. The Morgan fingerprint density at radius 3 is 1.38 bits per heavy atom. The van der Waals surface area contributed by atoms with Crippen LogP contribution in [0.5, 0.6) is 0 Å². The molecule has 0 aliphatic heterocycles. The van der Waals surface area contributed by atoms with Crippen LogP contribution in [0.2, 0.25) is 0 Å². The molecule has 0 aliphatic carbocycles. The molecule has 50 heavy (non-hydrogen) atoms. The lowest BCUT2D eigenvalue weighted by Crippen LogP contribution is -2.02. The molecule has 4 heteroatoms. The fraction of sp³-hybridized carbons (Fsp3) is 0. The van der Waals surface area contributed by atoms with Gasteiger partial charge >= 0.3 is 0 Å². The molecule has 10 rings (SSSR count). The molecule has 3 aromatic heterocycles. The first kappa shape index (κ1) is 28.1. The molecule has 232 valence electrons. The van der Waals surface area contributed by atoms with Crippen molar-refractivity contribution in [2.75, 3.05) is 0 Å². The summed E-state index contributed by atoms with van der Waals surface area (Å²) in [6, 6.07) is 65.9. The first-order chi connectivity index (χ1) is 24.8. The summed E-state index contributed by atoms with van der Waals surface area (Å²) >= 11 is 0. The highest BCUT2D eigenvalue weighted by Gasteiger charge is 2.19. The summed E-state index contributed by atoms with van der Waals surface area (Å²) in [5.41, 5.74) is 11.1. The molecule has 0 bridgehead atoms. The standard InChI is InChI=1S/C46H28N4/c1-3-15-31(16-4-1)40-30-41(32-17-5-2-6-18-32)48-46(47-40)33-27-34(49-42-23-11-7-19-36(42)37-20-8-12-24-43(37)49)29-35(28-33)50-44-25-13-9-21-38(44)39-22-10-14-26-45(39)50/h1-5,7-17,19-30H. The van der Waals surface area contributed by atoms with Crippen molar-refractivity contribution in [1.82, 2.24) is 19.1 Å². The summed E-state index contributed by atoms with van der Waals surface area (Å²) in [6.07, 6.45) is 0. The summed E-state index contributed by atoms with van der Waals surface area (Å²) in [7, 11) is 0. The highest BCUT2D eigenvalue weighted by atomic mass is 15.0. The molecular weight excluding hydrogens is 609 g/mol. The predicted octanol–water partition coefficient (Wildman–Crippen LogP) is 11.3. The minimum Gasteiger partial charge on any atom is -0.309 e. The van der Waals surface area contributed by atoms with E-state index in [1.54, 1.807) is 0 Å². The number of nitrogens with zero attached hydrogens (tertiary/aromatic N) is 4. The lowest BCUT2D eigenvalue weighted by molar-refractivity contribution is 1.12. The molecule has 10 aromatic rings. The van der Waals surface area contributed by atoms with Crippen LogP contribution in [0.4, 0.5) is 0 Å². The SMILES string of the molecule is c1cccc(-c2cc(-c3ccccc3)nc(-c3cc(-n4c5ccccc5c5ccccc54)cc(-n4c5ccccc5c5ccccc54)c3)n2)c#1. The summed E-state index contributed by atoms with van der Waals surface area (Å²) in [4.78, 5) is 10.5. The van der Waals surface area contributed by atoms with Crippen molar-refractivity contribution in [3.05, 3.63) is 182 Å². The number of aromatic nitrogens is 4. The van der Waals surface area contributed by atoms with Gasteiger partial charge in [0, 0.05) is 44.0 Å². The number of hydrogen-bond acceptors (Lipinski definition) is 2. The van der Waals surface area contributed by atoms with Crippen LogP contribution in [0.15, 0.2) is 170 Å². The average molecular weight is 637 g/mol. The van der Waals surface area contributed by atoms with Crippen LogP contribution >= 0.6 is 0 Å². The zero-order valence-electron chi connectivity index (χ0n) is 27.0. The lowest BCUT2D eigenvalue weighted by Gasteiger charge is -2.16. The van der Waals surface area contributed by atoms with Crippen molar-refractivity contribution in [2.24, 2.45) is 0 Å². The van der Waals surface area contributed by atoms with E-state index in [-0.39, 0.29) is 0 Å². The molecular formula is C46H28N4. The van der Waals surface area contributed by atoms with Crippen molar-refractivity contribution in [2.45, 2.75) is 0 Å². The number of benzene rings is 6. The highest BCUT2D eigenvalue weighted by Crippen LogP contribution is 2.38. The molecule has 0 N–H and O–H groups in total. The monoisotopic (exact) mass is 636 g/mol. The van der Waals surface area contributed by atoms with E-state index in [4.69, 9.17) is 9.97 Å². The zero-order valence-corrected chi connectivity index (χ0v) is 27.0. The van der Waals surface area contributed by atoms with Crippen molar-refractivity contribution in [1.29, 1.82) is 0 Å². The second-order valence-corrected chi connectivity index (χ2v) is 12.5. The van der Waals surface area contributed by atoms with Crippen molar-refractivity contribution >= 4 is 43.6 Å². The molecule has 0 saturated carbocycles. The van der Waals surface area contributed by atoms with Gasteiger partial charge in [0.1, 0.15) is 0 Å². The molecule has 0 unspecified atom stereocenters. The Bertz CT molecular complexity index is 2570. The van der Waals surface area contributed by atoms with Gasteiger partial charge in [-0.1, -0.05) is 121 Å². The molecule has 0 aliphatic rings. The Balaban J connectivity index is 1.31. The van der Waals surface area contributed by atoms with Gasteiger partial charge in [-0.2, -0.15) is 0 Å². The smallest absolute Gasteiger partial charge is 0.160 e. The van der Waals surface area contributed by atoms with E-state index in [0.29, 0.717) is 5.82 Å². The second kappa shape index (κ2) is 11.3. The maximum absolute atomic E-state index is 5.24. The topological polar surface area (TPSA) is 35.6 Å². The summed E-state index contributed by atoms with van der Waals surface area (Å²) in [6.45, 7) is 0. The molecule has 0 saturated heterocycles. The van der Waals surface area contributed by atoms with Crippen LogP contribution in [0, 0.1) is 12.1 Å². The Labute approximate surface area is 289 Å². The van der Waals surface area contributed by atoms with Crippen LogP contribution in [-0.4, -0.2) is 19.1 Å². The summed E-state index contributed by atoms with van der Waals surface area (Å²) in [5, 5.41) is 4.86. The first-order valence-electron chi connectivity index (χ1n) is 16.8. The van der Waals surface area contributed by atoms with Gasteiger partial charge < -0.3 is 9.13 Å². The van der Waals surface area contributed by atoms with Gasteiger partial charge in [-0.05, 0) is 60.7 Å². The molecule has 0 spiro atoms. The van der Waals surface area contributed by atoms with E-state index in [1.165, 1.54) is 21.5 Å². The Hall–Kier alpha value is -6.96. The van der Waals surface area contributed by atoms with Crippen molar-refractivity contribution < 1.29 is 0 Å². The zero-order chi connectivity index (χ0) is 33.0. The number of para-hydroxylation sites is 4. The number of rotatable bonds is 5. The normalized spacial score (nSPS) is 11.4. The number of hydrogen-bond donors (Lipinski definition) is 0. The molecule has 7 aromatic carbocycles. The molecule has 0 fully saturated rings. The van der Waals surface area contributed by atoms with Gasteiger partial charge in [0.25, 0.3) is 0 Å². The molecule has 0 atom stereocenters. The summed E-state index contributed by atoms with van der Waals surface area (Å²) < 4.78 is 4.74. The third kappa shape index (κ3) is 4.49. The van der Waals surface area contributed by atoms with Crippen LogP contribution in [0.3, 0.4) is 0 Å². The molecule has 4 nitrogen and oxygen atoms in total. The second-order valence-electron chi connectivity index (χ2n) is 12.5. The van der Waals surface area contributed by atoms with Crippen LogP contribution in [0.25, 0.3) is 88.9 Å². The van der Waals surface area contributed by atoms with Gasteiger partial charge in [-0.3, -0.25) is 0 Å². The van der Waals surface area contributed by atoms with Gasteiger partial charge in [0.2, 0.25) is 0 Å². The summed E-state index contributed by atoms with van der Waals surface area (Å²) in [5.74, 6) is 0.642. The quantitative estimate of drug-likeness (QED) is 0.188. The minimum absolute atomic E-state index is 0.642. The van der Waals surface area contributed by atoms with Crippen molar-refractivity contribution in [3.63, 3.8) is 0 Å². The van der Waals surface area contributed by atoms with Gasteiger partial charge in [-0.15, -0.1) is 0 Å². The Morgan fingerprint density at radius 2 is 0.880 bits per heavy atom. The highest BCUT2D eigenvalue weighted by molar-refractivity contribution is 6.10. The average Bonchev–Trinajstić information content (AvgIpc) is 3.71. The van der Waals surface area contributed by atoms with E-state index in [1.807, 2.05) is 42.5 Å². The van der Waals surface area contributed by atoms with Gasteiger partial charge in [-0.25, -0.2) is 9.97 Å². The van der Waals surface area contributed by atoms with Crippen LogP contribution in [0.1, 0.15) is 0 Å². The van der Waals surface area contributed by atoms with E-state index in [0.717, 1.165) is 61.5 Å². The van der Waals surface area contributed by atoms with E-state index in [9.17, 15) is 0 Å². The maximum Gasteiger partial charge on any atom is 0.160 e. The van der Waals surface area contributed by atoms with E-state index < -0.39 is 0 Å². The van der Waals surface area contributed by atoms with E-state index in [2.05, 4.69) is 149 Å². The third-order valence-corrected chi connectivity index (χ3v) is 9.56. The van der Waals surface area contributed by atoms with E-state index >= 15 is 0 Å². The van der Waals surface area contributed by atoms with Crippen LogP contribution < -0.4 is 0 Å². The first-order valence-corrected chi connectivity index (χ1v) is 16.8. The van der Waals surface area contributed by atoms with Crippen LogP contribution in [-0.2, 0) is 0 Å². The third-order valence-electron chi connectivity index (χ3n) is 9.56. The Kier molecular flexibility index (Phi) is 6.37. The molecule has 0 amide bonds. The maximum atomic E-state index is 5.24. The van der Waals surface area contributed by atoms with Crippen molar-refractivity contribution in [3.8, 4) is 45.3 Å². The number of fused-ring (bicyclic) bond motifs is 6. The fourth-order valence-electron chi connectivity index (χ4n) is 7.36. The Morgan fingerprint density at radius 1 is 0.400 bits per heavy atom. The van der Waals surface area contributed by atoms with Gasteiger partial charge in [0.15, 0.2) is 5.82 Å². The van der Waals surface area contributed by atoms with Gasteiger partial charge in [0.05, 0.1) is 39.0 Å². The minimum atomic E-state index is 0.642. The molecule has 3 heterocycles. The lowest BCUT2D eigenvalue weighted by atomic mass is 10.1. The largest absolute Gasteiger partial charge is 0.309 e.